The largest absolute Gasteiger partial charge is 0.352 e. The van der Waals surface area contributed by atoms with Crippen LogP contribution in [-0.4, -0.2) is 56.0 Å². The maximum atomic E-state index is 12.5. The van der Waals surface area contributed by atoms with Crippen molar-refractivity contribution in [3.8, 4) is 0 Å². The number of carbonyl (C=O) groups excluding carboxylic acids is 1. The van der Waals surface area contributed by atoms with Gasteiger partial charge in [-0.05, 0) is 36.8 Å². The van der Waals surface area contributed by atoms with Gasteiger partial charge in [-0.15, -0.1) is 0 Å². The summed E-state index contributed by atoms with van der Waals surface area (Å²) in [6.07, 6.45) is 2.14. The zero-order chi connectivity index (χ0) is 17.8. The maximum absolute atomic E-state index is 12.5. The van der Waals surface area contributed by atoms with Gasteiger partial charge in [-0.2, -0.15) is 0 Å². The van der Waals surface area contributed by atoms with Crippen molar-refractivity contribution in [2.24, 2.45) is 0 Å². The van der Waals surface area contributed by atoms with Gasteiger partial charge in [-0.1, -0.05) is 24.3 Å². The van der Waals surface area contributed by atoms with Gasteiger partial charge in [0.05, 0.1) is 10.9 Å². The minimum atomic E-state index is -3.15. The molecule has 0 N–H and O–H groups in total. The van der Waals surface area contributed by atoms with Crippen molar-refractivity contribution in [1.29, 1.82) is 0 Å². The lowest BCUT2D eigenvalue weighted by atomic mass is 9.84. The van der Waals surface area contributed by atoms with Gasteiger partial charge in [0.2, 0.25) is 10.0 Å². The molecule has 1 atom stereocenters. The van der Waals surface area contributed by atoms with E-state index in [1.54, 1.807) is 23.3 Å². The molecule has 1 saturated heterocycles. The van der Waals surface area contributed by atoms with E-state index in [-0.39, 0.29) is 11.2 Å². The summed E-state index contributed by atoms with van der Waals surface area (Å²) in [4.78, 5) is 14.1. The quantitative estimate of drug-likeness (QED) is 0.818. The van der Waals surface area contributed by atoms with Crippen LogP contribution in [0.2, 0.25) is 0 Å². The molecule has 136 valence electrons. The molecule has 1 aromatic carbocycles. The first-order valence-electron chi connectivity index (χ1n) is 8.82. The Labute approximate surface area is 148 Å². The van der Waals surface area contributed by atoms with Crippen molar-refractivity contribution in [3.63, 3.8) is 0 Å². The molecule has 0 bridgehead atoms. The number of fused-ring (bicyclic) bond motifs is 2. The van der Waals surface area contributed by atoms with Crippen LogP contribution in [0.3, 0.4) is 0 Å². The Morgan fingerprint density at radius 3 is 2.44 bits per heavy atom. The van der Waals surface area contributed by atoms with E-state index in [1.807, 2.05) is 24.3 Å². The average Bonchev–Trinajstić information content (AvgIpc) is 3.41. The van der Waals surface area contributed by atoms with Crippen LogP contribution in [0.4, 0.5) is 0 Å². The van der Waals surface area contributed by atoms with Gasteiger partial charge in [0, 0.05) is 27.2 Å². The predicted molar refractivity (Wildman–Crippen MR) is 93.4 cm³/mol. The Morgan fingerprint density at radius 1 is 1.20 bits per heavy atom. The Balaban J connectivity index is 1.60. The van der Waals surface area contributed by atoms with Crippen LogP contribution in [0.5, 0.6) is 0 Å². The molecular formula is C18H24N2O4S. The average molecular weight is 364 g/mol. The zero-order valence-corrected chi connectivity index (χ0v) is 15.5. The van der Waals surface area contributed by atoms with Gasteiger partial charge in [-0.3, -0.25) is 4.79 Å². The highest BCUT2D eigenvalue weighted by atomic mass is 32.2. The Morgan fingerprint density at radius 2 is 1.84 bits per heavy atom. The fourth-order valence-corrected chi connectivity index (χ4v) is 5.82. The van der Waals surface area contributed by atoms with Crippen LogP contribution in [0.15, 0.2) is 24.3 Å². The summed E-state index contributed by atoms with van der Waals surface area (Å²) >= 11 is 0. The number of hydrogen-bond donors (Lipinski definition) is 0. The number of amides is 1. The highest BCUT2D eigenvalue weighted by Crippen LogP contribution is 2.50. The first-order valence-corrected chi connectivity index (χ1v) is 10.3. The van der Waals surface area contributed by atoms with Crippen molar-refractivity contribution in [2.45, 2.75) is 42.6 Å². The summed E-state index contributed by atoms with van der Waals surface area (Å²) in [5.74, 6) is -0.0719. The van der Waals surface area contributed by atoms with Crippen molar-refractivity contribution in [1.82, 2.24) is 9.21 Å². The van der Waals surface area contributed by atoms with Crippen LogP contribution in [-0.2, 0) is 25.2 Å². The van der Waals surface area contributed by atoms with Crippen LogP contribution in [0.25, 0.3) is 0 Å². The summed E-state index contributed by atoms with van der Waals surface area (Å²) in [7, 11) is 0.299. The molecule has 0 unspecified atom stereocenters. The maximum Gasteiger partial charge on any atom is 0.255 e. The molecule has 0 aromatic heterocycles. The first kappa shape index (κ1) is 17.0. The molecule has 2 heterocycles. The van der Waals surface area contributed by atoms with Gasteiger partial charge >= 0.3 is 0 Å². The summed E-state index contributed by atoms with van der Waals surface area (Å²) in [6, 6.07) is 7.84. The normalized spacial score (nSPS) is 25.8. The Bertz CT molecular complexity index is 793. The molecule has 2 aliphatic heterocycles. The molecule has 2 fully saturated rings. The number of ether oxygens (including phenoxy) is 1. The topological polar surface area (TPSA) is 66.9 Å². The molecule has 0 radical (unpaired) electrons. The van der Waals surface area contributed by atoms with Crippen LogP contribution >= 0.6 is 0 Å². The summed E-state index contributed by atoms with van der Waals surface area (Å²) < 4.78 is 32.9. The van der Waals surface area contributed by atoms with E-state index in [0.717, 1.165) is 24.0 Å². The lowest BCUT2D eigenvalue weighted by Crippen LogP contribution is -2.46. The van der Waals surface area contributed by atoms with E-state index >= 15 is 0 Å². The van der Waals surface area contributed by atoms with Crippen LogP contribution < -0.4 is 0 Å². The van der Waals surface area contributed by atoms with Crippen LogP contribution in [0.1, 0.15) is 42.9 Å². The number of benzene rings is 1. The Kier molecular flexibility index (Phi) is 3.94. The lowest BCUT2D eigenvalue weighted by molar-refractivity contribution is -0.156. The molecule has 3 aliphatic rings. The molecule has 6 nitrogen and oxygen atoms in total. The van der Waals surface area contributed by atoms with E-state index in [9.17, 15) is 13.2 Å². The number of piperidine rings is 1. The first-order chi connectivity index (χ1) is 11.8. The zero-order valence-electron chi connectivity index (χ0n) is 14.6. The Hall–Kier alpha value is -1.44. The molecule has 1 spiro atoms. The fraction of sp³-hybridized carbons (Fsp3) is 0.611. The molecular weight excluding hydrogens is 340 g/mol. The summed E-state index contributed by atoms with van der Waals surface area (Å²) in [6.45, 7) is 0.909. The monoisotopic (exact) mass is 364 g/mol. The van der Waals surface area contributed by atoms with E-state index in [1.165, 1.54) is 0 Å². The van der Waals surface area contributed by atoms with Gasteiger partial charge in [0.15, 0.2) is 6.10 Å². The number of nitrogens with zero attached hydrogens (tertiary/aromatic N) is 2. The molecule has 1 aromatic rings. The molecule has 4 rings (SSSR count). The third-order valence-electron chi connectivity index (χ3n) is 5.58. The highest BCUT2D eigenvalue weighted by molar-refractivity contribution is 7.90. The fourth-order valence-electron chi connectivity index (χ4n) is 3.98. The number of carbonyl (C=O) groups is 1. The second-order valence-corrected chi connectivity index (χ2v) is 9.67. The van der Waals surface area contributed by atoms with Crippen LogP contribution in [0, 0.1) is 0 Å². The van der Waals surface area contributed by atoms with Gasteiger partial charge in [-0.25, -0.2) is 12.7 Å². The predicted octanol–water partition coefficient (Wildman–Crippen LogP) is 1.63. The minimum Gasteiger partial charge on any atom is -0.352 e. The number of sulfonamides is 1. The second kappa shape index (κ2) is 5.79. The summed E-state index contributed by atoms with van der Waals surface area (Å²) in [5, 5.41) is -0.179. The minimum absolute atomic E-state index is 0.0719. The lowest BCUT2D eigenvalue weighted by Gasteiger charge is -2.39. The smallest absolute Gasteiger partial charge is 0.255 e. The molecule has 25 heavy (non-hydrogen) atoms. The van der Waals surface area contributed by atoms with Gasteiger partial charge in [0.25, 0.3) is 5.91 Å². The number of likely N-dealkylation sites (N-methyl/N-ethyl adjacent to an activating group) is 1. The van der Waals surface area contributed by atoms with Crippen molar-refractivity contribution < 1.29 is 17.9 Å². The van der Waals surface area contributed by atoms with E-state index in [2.05, 4.69) is 0 Å². The molecule has 7 heteroatoms. The van der Waals surface area contributed by atoms with Crippen molar-refractivity contribution in [2.75, 3.05) is 27.2 Å². The third-order valence-corrected chi connectivity index (χ3v) is 7.98. The van der Waals surface area contributed by atoms with Crippen molar-refractivity contribution in [3.05, 3.63) is 35.4 Å². The van der Waals surface area contributed by atoms with E-state index < -0.39 is 21.7 Å². The SMILES string of the molecule is CN(C)C(=O)[C@@H]1OC2(CCN(S(=O)(=O)C3CC3)CC2)c2ccccc21. The van der Waals surface area contributed by atoms with Crippen molar-refractivity contribution >= 4 is 15.9 Å². The second-order valence-electron chi connectivity index (χ2n) is 7.46. The van der Waals surface area contributed by atoms with E-state index in [4.69, 9.17) is 4.74 Å². The van der Waals surface area contributed by atoms with Gasteiger partial charge in [0.1, 0.15) is 0 Å². The summed E-state index contributed by atoms with van der Waals surface area (Å²) in [5.41, 5.74) is 1.40. The third kappa shape index (κ3) is 2.69. The van der Waals surface area contributed by atoms with E-state index in [0.29, 0.717) is 25.9 Å². The number of hydrogen-bond acceptors (Lipinski definition) is 4. The molecule has 1 aliphatic carbocycles. The van der Waals surface area contributed by atoms with Gasteiger partial charge < -0.3 is 9.64 Å². The molecule has 1 saturated carbocycles. The standard InChI is InChI=1S/C18H24N2O4S/c1-19(2)17(21)16-14-5-3-4-6-15(14)18(24-16)9-11-20(12-10-18)25(22,23)13-7-8-13/h3-6,13,16H,7-12H2,1-2H3/t16-/m1/s1. The molecule has 1 amide bonds. The number of rotatable bonds is 3. The highest BCUT2D eigenvalue weighted by Gasteiger charge is 2.51.